The molecule has 0 aromatic heterocycles. The van der Waals surface area contributed by atoms with Gasteiger partial charge in [0.1, 0.15) is 5.82 Å². The molecule has 0 fully saturated rings. The maximum absolute atomic E-state index is 13.3. The average molecular weight is 343 g/mol. The highest BCUT2D eigenvalue weighted by molar-refractivity contribution is 9.10. The zero-order chi connectivity index (χ0) is 14.0. The molecular formula is C15H14BrClFN. The quantitative estimate of drug-likeness (QED) is 0.840. The molecule has 4 heteroatoms. The maximum atomic E-state index is 13.3. The minimum absolute atomic E-state index is 0.0180. The molecule has 1 unspecified atom stereocenters. The van der Waals surface area contributed by atoms with Gasteiger partial charge in [0.2, 0.25) is 0 Å². The zero-order valence-electron chi connectivity index (χ0n) is 10.7. The van der Waals surface area contributed by atoms with Gasteiger partial charge < -0.3 is 5.32 Å². The van der Waals surface area contributed by atoms with Gasteiger partial charge in [-0.1, -0.05) is 29.8 Å². The fraction of sp³-hybridized carbons (Fsp3) is 0.200. The molecule has 0 aliphatic heterocycles. The first-order valence-electron chi connectivity index (χ1n) is 5.92. The fourth-order valence-electron chi connectivity index (χ4n) is 2.13. The van der Waals surface area contributed by atoms with Crippen molar-refractivity contribution in [3.63, 3.8) is 0 Å². The molecule has 0 bridgehead atoms. The summed E-state index contributed by atoms with van der Waals surface area (Å²) in [6.07, 6.45) is 0. The Morgan fingerprint density at radius 2 is 2.00 bits per heavy atom. The Hall–Kier alpha value is -0.900. The van der Waals surface area contributed by atoms with Gasteiger partial charge in [0.25, 0.3) is 0 Å². The van der Waals surface area contributed by atoms with Gasteiger partial charge in [0, 0.05) is 5.02 Å². The van der Waals surface area contributed by atoms with Crippen LogP contribution in [0, 0.1) is 12.7 Å². The van der Waals surface area contributed by atoms with Crippen molar-refractivity contribution < 1.29 is 4.39 Å². The first-order valence-corrected chi connectivity index (χ1v) is 7.09. The number of benzene rings is 2. The van der Waals surface area contributed by atoms with Crippen LogP contribution in [0.3, 0.4) is 0 Å². The summed E-state index contributed by atoms with van der Waals surface area (Å²) >= 11 is 9.38. The highest BCUT2D eigenvalue weighted by Gasteiger charge is 2.16. The molecule has 2 aromatic carbocycles. The molecule has 0 heterocycles. The average Bonchev–Trinajstić information content (AvgIpc) is 2.39. The molecule has 1 atom stereocenters. The SMILES string of the molecule is CNC(c1ccc(F)c(Br)c1)c1cccc(Cl)c1C. The Balaban J connectivity index is 2.50. The molecule has 1 N–H and O–H groups in total. The third-order valence-corrected chi connectivity index (χ3v) is 4.20. The molecule has 100 valence electrons. The summed E-state index contributed by atoms with van der Waals surface area (Å²) in [7, 11) is 1.88. The molecule has 1 nitrogen and oxygen atoms in total. The lowest BCUT2D eigenvalue weighted by atomic mass is 9.95. The van der Waals surface area contributed by atoms with Gasteiger partial charge in [-0.05, 0) is 64.8 Å². The lowest BCUT2D eigenvalue weighted by molar-refractivity contribution is 0.616. The minimum atomic E-state index is -0.263. The highest BCUT2D eigenvalue weighted by atomic mass is 79.9. The van der Waals surface area contributed by atoms with Crippen molar-refractivity contribution in [2.45, 2.75) is 13.0 Å². The molecule has 2 aromatic rings. The van der Waals surface area contributed by atoms with Crippen molar-refractivity contribution in [2.75, 3.05) is 7.05 Å². The third-order valence-electron chi connectivity index (χ3n) is 3.19. The summed E-state index contributed by atoms with van der Waals surface area (Å²) < 4.78 is 13.8. The number of nitrogens with one attached hydrogen (secondary N) is 1. The Morgan fingerprint density at radius 3 is 2.63 bits per heavy atom. The summed E-state index contributed by atoms with van der Waals surface area (Å²) in [4.78, 5) is 0. The molecule has 0 saturated heterocycles. The van der Waals surface area contributed by atoms with Crippen molar-refractivity contribution in [3.05, 3.63) is 68.4 Å². The van der Waals surface area contributed by atoms with Gasteiger partial charge in [-0.2, -0.15) is 0 Å². The van der Waals surface area contributed by atoms with Crippen LogP contribution >= 0.6 is 27.5 Å². The first kappa shape index (κ1) is 14.5. The lowest BCUT2D eigenvalue weighted by Gasteiger charge is -2.20. The van der Waals surface area contributed by atoms with Crippen LogP contribution in [0.4, 0.5) is 4.39 Å². The second-order valence-electron chi connectivity index (χ2n) is 4.35. The van der Waals surface area contributed by atoms with Crippen molar-refractivity contribution in [1.82, 2.24) is 5.32 Å². The molecule has 2 rings (SSSR count). The maximum Gasteiger partial charge on any atom is 0.137 e. The normalized spacial score (nSPS) is 12.5. The Labute approximate surface area is 125 Å². The number of hydrogen-bond donors (Lipinski definition) is 1. The summed E-state index contributed by atoms with van der Waals surface area (Å²) in [5.74, 6) is -0.263. The van der Waals surface area contributed by atoms with E-state index in [0.29, 0.717) is 4.47 Å². The topological polar surface area (TPSA) is 12.0 Å². The van der Waals surface area contributed by atoms with Crippen LogP contribution in [0.25, 0.3) is 0 Å². The Kier molecular flexibility index (Phi) is 4.61. The van der Waals surface area contributed by atoms with Crippen molar-refractivity contribution >= 4 is 27.5 Å². The van der Waals surface area contributed by atoms with Gasteiger partial charge in [-0.25, -0.2) is 4.39 Å². The second kappa shape index (κ2) is 6.04. The molecule has 0 aliphatic rings. The summed E-state index contributed by atoms with van der Waals surface area (Å²) in [5, 5.41) is 3.98. The van der Waals surface area contributed by atoms with Gasteiger partial charge >= 0.3 is 0 Å². The van der Waals surface area contributed by atoms with Crippen LogP contribution in [0.5, 0.6) is 0 Å². The molecule has 0 amide bonds. The van der Waals surface area contributed by atoms with Crippen LogP contribution in [-0.2, 0) is 0 Å². The molecule has 0 radical (unpaired) electrons. The van der Waals surface area contributed by atoms with E-state index in [9.17, 15) is 4.39 Å². The predicted octanol–water partition coefficient (Wildman–Crippen LogP) is 4.86. The second-order valence-corrected chi connectivity index (χ2v) is 5.61. The minimum Gasteiger partial charge on any atom is -0.309 e. The lowest BCUT2D eigenvalue weighted by Crippen LogP contribution is -2.18. The van der Waals surface area contributed by atoms with Crippen molar-refractivity contribution in [3.8, 4) is 0 Å². The summed E-state index contributed by atoms with van der Waals surface area (Å²) in [6.45, 7) is 1.99. The molecular weight excluding hydrogens is 329 g/mol. The van der Waals surface area contributed by atoms with E-state index in [0.717, 1.165) is 21.7 Å². The van der Waals surface area contributed by atoms with Crippen molar-refractivity contribution in [2.24, 2.45) is 0 Å². The molecule has 0 saturated carbocycles. The van der Waals surface area contributed by atoms with Gasteiger partial charge in [-0.15, -0.1) is 0 Å². The molecule has 19 heavy (non-hydrogen) atoms. The predicted molar refractivity (Wildman–Crippen MR) is 81.2 cm³/mol. The largest absolute Gasteiger partial charge is 0.309 e. The fourth-order valence-corrected chi connectivity index (χ4v) is 2.71. The monoisotopic (exact) mass is 341 g/mol. The highest BCUT2D eigenvalue weighted by Crippen LogP contribution is 2.30. The van der Waals surface area contributed by atoms with E-state index in [1.807, 2.05) is 32.2 Å². The van der Waals surface area contributed by atoms with Gasteiger partial charge in [0.05, 0.1) is 10.5 Å². The third kappa shape index (κ3) is 2.99. The van der Waals surface area contributed by atoms with Crippen LogP contribution < -0.4 is 5.32 Å². The number of rotatable bonds is 3. The van der Waals surface area contributed by atoms with E-state index < -0.39 is 0 Å². The van der Waals surface area contributed by atoms with Crippen LogP contribution in [0.1, 0.15) is 22.7 Å². The number of halogens is 3. The van der Waals surface area contributed by atoms with E-state index in [-0.39, 0.29) is 11.9 Å². The standard InChI is InChI=1S/C15H14BrClFN/c1-9-11(4-3-5-13(9)17)15(19-2)10-6-7-14(18)12(16)8-10/h3-8,15,19H,1-2H3. The van der Waals surface area contributed by atoms with E-state index in [2.05, 4.69) is 21.2 Å². The van der Waals surface area contributed by atoms with Crippen molar-refractivity contribution in [1.29, 1.82) is 0 Å². The summed E-state index contributed by atoms with van der Waals surface area (Å²) in [5.41, 5.74) is 3.11. The number of hydrogen-bond acceptors (Lipinski definition) is 1. The van der Waals surface area contributed by atoms with E-state index in [1.54, 1.807) is 12.1 Å². The van der Waals surface area contributed by atoms with Crippen LogP contribution in [0.15, 0.2) is 40.9 Å². The molecule has 0 spiro atoms. The Bertz CT molecular complexity index is 601. The molecule has 0 aliphatic carbocycles. The Morgan fingerprint density at radius 1 is 1.26 bits per heavy atom. The van der Waals surface area contributed by atoms with Crippen LogP contribution in [-0.4, -0.2) is 7.05 Å². The first-order chi connectivity index (χ1) is 9.04. The van der Waals surface area contributed by atoms with E-state index in [4.69, 9.17) is 11.6 Å². The van der Waals surface area contributed by atoms with Gasteiger partial charge in [0.15, 0.2) is 0 Å². The summed E-state index contributed by atoms with van der Waals surface area (Å²) in [6, 6.07) is 10.8. The van der Waals surface area contributed by atoms with Crippen LogP contribution in [0.2, 0.25) is 5.02 Å². The van der Waals surface area contributed by atoms with Gasteiger partial charge in [-0.3, -0.25) is 0 Å². The van der Waals surface area contributed by atoms with E-state index >= 15 is 0 Å². The van der Waals surface area contributed by atoms with E-state index in [1.165, 1.54) is 6.07 Å². The smallest absolute Gasteiger partial charge is 0.137 e. The zero-order valence-corrected chi connectivity index (χ0v) is 13.0.